The predicted octanol–water partition coefficient (Wildman–Crippen LogP) is 2.29. The van der Waals surface area contributed by atoms with E-state index in [-0.39, 0.29) is 0 Å². The van der Waals surface area contributed by atoms with Gasteiger partial charge in [0.15, 0.2) is 0 Å². The predicted molar refractivity (Wildman–Crippen MR) is 71.0 cm³/mol. The van der Waals surface area contributed by atoms with Gasteiger partial charge in [0, 0.05) is 39.6 Å². The molecule has 0 amide bonds. The van der Waals surface area contributed by atoms with Crippen LogP contribution in [0.2, 0.25) is 0 Å². The van der Waals surface area contributed by atoms with Crippen molar-refractivity contribution in [1.29, 1.82) is 0 Å². The van der Waals surface area contributed by atoms with E-state index in [9.17, 15) is 4.21 Å². The van der Waals surface area contributed by atoms with Gasteiger partial charge in [0.25, 0.3) is 0 Å². The molecule has 1 heterocycles. The van der Waals surface area contributed by atoms with Crippen molar-refractivity contribution in [2.75, 3.05) is 5.75 Å². The summed E-state index contributed by atoms with van der Waals surface area (Å²) >= 11 is 0. The van der Waals surface area contributed by atoms with Gasteiger partial charge in [-0.1, -0.05) is 30.3 Å². The Labute approximate surface area is 104 Å². The molecule has 3 unspecified atom stereocenters. The van der Waals surface area contributed by atoms with E-state index >= 15 is 0 Å². The lowest BCUT2D eigenvalue weighted by Crippen LogP contribution is -2.18. The second kappa shape index (κ2) is 4.49. The summed E-state index contributed by atoms with van der Waals surface area (Å²) in [7, 11) is -0.797. The average molecular weight is 245 g/mol. The van der Waals surface area contributed by atoms with Crippen LogP contribution in [0.15, 0.2) is 53.6 Å². The number of hydrogen-bond acceptors (Lipinski definition) is 2. The van der Waals surface area contributed by atoms with Gasteiger partial charge >= 0.3 is 0 Å². The van der Waals surface area contributed by atoms with Crippen molar-refractivity contribution in [3.63, 3.8) is 0 Å². The third-order valence-corrected chi connectivity index (χ3v) is 4.17. The van der Waals surface area contributed by atoms with E-state index < -0.39 is 10.8 Å². The molecule has 3 rings (SSSR count). The largest absolute Gasteiger partial charge is 0.382 e. The molecule has 1 aromatic carbocycles. The highest BCUT2D eigenvalue weighted by molar-refractivity contribution is 7.88. The van der Waals surface area contributed by atoms with Crippen molar-refractivity contribution in [2.45, 2.75) is 18.4 Å². The minimum absolute atomic E-state index is 0.542. The maximum atomic E-state index is 11.1. The first kappa shape index (κ1) is 10.8. The maximum absolute atomic E-state index is 11.1. The Morgan fingerprint density at radius 2 is 2.06 bits per heavy atom. The molecule has 1 saturated carbocycles. The number of allylic oxidation sites excluding steroid dienone is 1. The van der Waals surface area contributed by atoms with Crippen molar-refractivity contribution >= 4 is 10.8 Å². The number of rotatable bonds is 3. The number of hydrogen-bond donors (Lipinski definition) is 1. The zero-order valence-corrected chi connectivity index (χ0v) is 10.3. The van der Waals surface area contributed by atoms with Crippen molar-refractivity contribution in [2.24, 2.45) is 0 Å². The van der Waals surface area contributed by atoms with Gasteiger partial charge in [-0.15, -0.1) is 0 Å². The Morgan fingerprint density at radius 1 is 1.24 bits per heavy atom. The number of nitrogens with one attached hydrogen (secondary N) is 1. The SMILES string of the molecule is O=S1C=CC(NC2CC2c2ccccc2)=CC1. The lowest BCUT2D eigenvalue weighted by atomic mass is 10.1. The Kier molecular flexibility index (Phi) is 2.85. The van der Waals surface area contributed by atoms with Gasteiger partial charge in [0.2, 0.25) is 0 Å². The van der Waals surface area contributed by atoms with Crippen molar-refractivity contribution in [3.05, 3.63) is 59.2 Å². The van der Waals surface area contributed by atoms with Crippen LogP contribution in [-0.2, 0) is 10.8 Å². The fraction of sp³-hybridized carbons (Fsp3) is 0.286. The minimum Gasteiger partial charge on any atom is -0.382 e. The summed E-state index contributed by atoms with van der Waals surface area (Å²) < 4.78 is 11.1. The molecule has 1 aliphatic carbocycles. The molecule has 0 bridgehead atoms. The fourth-order valence-corrected chi connectivity index (χ4v) is 2.94. The molecule has 0 spiro atoms. The number of benzene rings is 1. The molecule has 1 N–H and O–H groups in total. The van der Waals surface area contributed by atoms with Gasteiger partial charge in [0.1, 0.15) is 0 Å². The standard InChI is InChI=1S/C14H15NOS/c16-17-8-6-12(7-9-17)15-14-10-13(14)11-4-2-1-3-5-11/h1-8,13-15H,9-10H2. The molecular formula is C14H15NOS. The van der Waals surface area contributed by atoms with E-state index in [0.717, 1.165) is 5.70 Å². The summed E-state index contributed by atoms with van der Waals surface area (Å²) in [4.78, 5) is 0. The Bertz CT molecular complexity index is 492. The van der Waals surface area contributed by atoms with Gasteiger partial charge in [0.05, 0.1) is 0 Å². The van der Waals surface area contributed by atoms with E-state index in [0.29, 0.717) is 17.7 Å². The summed E-state index contributed by atoms with van der Waals surface area (Å²) in [6, 6.07) is 11.1. The molecule has 1 aliphatic heterocycles. The lowest BCUT2D eigenvalue weighted by Gasteiger charge is -2.10. The van der Waals surface area contributed by atoms with Crippen molar-refractivity contribution in [1.82, 2.24) is 5.32 Å². The molecule has 0 aromatic heterocycles. The fourth-order valence-electron chi connectivity index (χ4n) is 2.19. The van der Waals surface area contributed by atoms with E-state index in [1.807, 2.05) is 12.2 Å². The average Bonchev–Trinajstić information content (AvgIpc) is 3.13. The lowest BCUT2D eigenvalue weighted by molar-refractivity contribution is 0.689. The monoisotopic (exact) mass is 245 g/mol. The molecule has 3 heteroatoms. The van der Waals surface area contributed by atoms with Crippen LogP contribution < -0.4 is 5.32 Å². The summed E-state index contributed by atoms with van der Waals surface area (Å²) in [6.07, 6.45) is 5.15. The molecule has 2 nitrogen and oxygen atoms in total. The van der Waals surface area contributed by atoms with Crippen LogP contribution in [0.3, 0.4) is 0 Å². The van der Waals surface area contributed by atoms with E-state index in [4.69, 9.17) is 0 Å². The van der Waals surface area contributed by atoms with E-state index in [2.05, 4.69) is 35.6 Å². The van der Waals surface area contributed by atoms with Crippen LogP contribution >= 0.6 is 0 Å². The maximum Gasteiger partial charge on any atom is 0.0496 e. The van der Waals surface area contributed by atoms with E-state index in [1.54, 1.807) is 5.41 Å². The summed E-state index contributed by atoms with van der Waals surface area (Å²) in [5.74, 6) is 1.28. The van der Waals surface area contributed by atoms with Crippen molar-refractivity contribution in [3.8, 4) is 0 Å². The summed E-state index contributed by atoms with van der Waals surface area (Å²) in [5, 5.41) is 5.27. The summed E-state index contributed by atoms with van der Waals surface area (Å²) in [6.45, 7) is 0. The van der Waals surface area contributed by atoms with Gasteiger partial charge < -0.3 is 5.32 Å². The zero-order valence-electron chi connectivity index (χ0n) is 9.50. The van der Waals surface area contributed by atoms with Crippen LogP contribution in [0.5, 0.6) is 0 Å². The molecule has 2 aliphatic rings. The second-order valence-electron chi connectivity index (χ2n) is 4.51. The molecule has 17 heavy (non-hydrogen) atoms. The normalized spacial score (nSPS) is 30.8. The van der Waals surface area contributed by atoms with Crippen LogP contribution in [0.25, 0.3) is 0 Å². The topological polar surface area (TPSA) is 29.1 Å². The molecule has 0 saturated heterocycles. The third-order valence-electron chi connectivity index (χ3n) is 3.24. The smallest absolute Gasteiger partial charge is 0.0496 e. The minimum atomic E-state index is -0.797. The van der Waals surface area contributed by atoms with Gasteiger partial charge in [-0.3, -0.25) is 4.21 Å². The molecule has 0 radical (unpaired) electrons. The van der Waals surface area contributed by atoms with Crippen molar-refractivity contribution < 1.29 is 4.21 Å². The second-order valence-corrected chi connectivity index (χ2v) is 5.88. The first-order valence-corrected chi connectivity index (χ1v) is 7.28. The molecule has 1 fully saturated rings. The van der Waals surface area contributed by atoms with Gasteiger partial charge in [-0.25, -0.2) is 0 Å². The molecular weight excluding hydrogens is 230 g/mol. The highest BCUT2D eigenvalue weighted by atomic mass is 32.2. The quantitative estimate of drug-likeness (QED) is 0.885. The Morgan fingerprint density at radius 3 is 2.76 bits per heavy atom. The first-order valence-electron chi connectivity index (χ1n) is 5.90. The Balaban J connectivity index is 1.60. The third kappa shape index (κ3) is 2.50. The van der Waals surface area contributed by atoms with Crippen LogP contribution in [0, 0.1) is 0 Å². The summed E-state index contributed by atoms with van der Waals surface area (Å²) in [5.41, 5.74) is 2.53. The Hall–Kier alpha value is -1.35. The molecule has 88 valence electrons. The van der Waals surface area contributed by atoms with Gasteiger partial charge in [-0.05, 0) is 24.1 Å². The first-order chi connectivity index (χ1) is 8.33. The van der Waals surface area contributed by atoms with Crippen LogP contribution in [0.1, 0.15) is 17.9 Å². The van der Waals surface area contributed by atoms with E-state index in [1.165, 1.54) is 12.0 Å². The van der Waals surface area contributed by atoms with Crippen LogP contribution in [-0.4, -0.2) is 16.0 Å². The highest BCUT2D eigenvalue weighted by Gasteiger charge is 2.38. The zero-order chi connectivity index (χ0) is 11.7. The highest BCUT2D eigenvalue weighted by Crippen LogP contribution is 2.41. The molecule has 1 aromatic rings. The molecule has 3 atom stereocenters. The van der Waals surface area contributed by atoms with Gasteiger partial charge in [-0.2, -0.15) is 0 Å². The van der Waals surface area contributed by atoms with Crippen LogP contribution in [0.4, 0.5) is 0 Å².